The van der Waals surface area contributed by atoms with E-state index in [4.69, 9.17) is 0 Å². The van der Waals surface area contributed by atoms with Crippen molar-refractivity contribution in [2.45, 2.75) is 13.0 Å². The third kappa shape index (κ3) is 3.78. The molecule has 0 aliphatic carbocycles. The molecule has 1 atom stereocenters. The maximum atomic E-state index is 3.47. The fourth-order valence-corrected chi connectivity index (χ4v) is 3.21. The highest BCUT2D eigenvalue weighted by Gasteiger charge is 2.21. The summed E-state index contributed by atoms with van der Waals surface area (Å²) in [4.78, 5) is 5.23. The minimum atomic E-state index is 0.890. The van der Waals surface area contributed by atoms with Crippen LogP contribution in [0.2, 0.25) is 0 Å². The second-order valence-corrected chi connectivity index (χ2v) is 5.92. The Balaban J connectivity index is 1.41. The molecule has 0 bridgehead atoms. The van der Waals surface area contributed by atoms with Gasteiger partial charge in [-0.25, -0.2) is 0 Å². The molecule has 0 spiro atoms. The van der Waals surface area contributed by atoms with Crippen molar-refractivity contribution in [1.29, 1.82) is 0 Å². The molecule has 2 heterocycles. The van der Waals surface area contributed by atoms with Gasteiger partial charge in [-0.2, -0.15) is 0 Å². The van der Waals surface area contributed by atoms with E-state index in [0.29, 0.717) is 0 Å². The smallest absolute Gasteiger partial charge is 0.0234 e. The van der Waals surface area contributed by atoms with E-state index in [1.165, 1.54) is 57.8 Å². The van der Waals surface area contributed by atoms with Crippen LogP contribution in [-0.2, 0) is 6.54 Å². The number of nitrogens with zero attached hydrogens (tertiary/aromatic N) is 2. The van der Waals surface area contributed by atoms with Gasteiger partial charge in [0.25, 0.3) is 0 Å². The monoisotopic (exact) mass is 259 g/mol. The van der Waals surface area contributed by atoms with Crippen molar-refractivity contribution >= 4 is 0 Å². The van der Waals surface area contributed by atoms with E-state index in [0.717, 1.165) is 12.5 Å². The summed E-state index contributed by atoms with van der Waals surface area (Å²) in [6.45, 7) is 9.77. The van der Waals surface area contributed by atoms with Crippen molar-refractivity contribution in [2.75, 3.05) is 45.8 Å². The highest BCUT2D eigenvalue weighted by molar-refractivity contribution is 5.14. The van der Waals surface area contributed by atoms with Gasteiger partial charge in [0.15, 0.2) is 0 Å². The third-order valence-corrected chi connectivity index (χ3v) is 4.39. The van der Waals surface area contributed by atoms with Crippen molar-refractivity contribution in [1.82, 2.24) is 15.1 Å². The summed E-state index contributed by atoms with van der Waals surface area (Å²) < 4.78 is 0. The predicted molar refractivity (Wildman–Crippen MR) is 79.1 cm³/mol. The van der Waals surface area contributed by atoms with Crippen LogP contribution in [0.1, 0.15) is 12.0 Å². The first-order chi connectivity index (χ1) is 9.40. The van der Waals surface area contributed by atoms with Crippen LogP contribution in [0, 0.1) is 5.92 Å². The standard InChI is InChI=1S/C16H25N3/c1-2-4-15(5-3-1)13-18-8-10-19(11-9-18)14-16-6-7-17-12-16/h1-5,16-17H,6-14H2. The highest BCUT2D eigenvalue weighted by Crippen LogP contribution is 2.13. The largest absolute Gasteiger partial charge is 0.316 e. The van der Waals surface area contributed by atoms with Crippen LogP contribution in [0.5, 0.6) is 0 Å². The molecular formula is C16H25N3. The SMILES string of the molecule is c1ccc(CN2CCN(CC3CCNC3)CC2)cc1. The van der Waals surface area contributed by atoms with E-state index >= 15 is 0 Å². The molecule has 1 unspecified atom stereocenters. The van der Waals surface area contributed by atoms with E-state index in [1.54, 1.807) is 0 Å². The topological polar surface area (TPSA) is 18.5 Å². The molecule has 3 heteroatoms. The minimum Gasteiger partial charge on any atom is -0.316 e. The summed E-state index contributed by atoms with van der Waals surface area (Å²) in [6, 6.07) is 10.8. The van der Waals surface area contributed by atoms with E-state index in [9.17, 15) is 0 Å². The van der Waals surface area contributed by atoms with Crippen LogP contribution in [0.25, 0.3) is 0 Å². The van der Waals surface area contributed by atoms with E-state index < -0.39 is 0 Å². The van der Waals surface area contributed by atoms with Crippen molar-refractivity contribution in [3.05, 3.63) is 35.9 Å². The van der Waals surface area contributed by atoms with Gasteiger partial charge < -0.3 is 10.2 Å². The first-order valence-corrected chi connectivity index (χ1v) is 7.59. The van der Waals surface area contributed by atoms with Gasteiger partial charge in [0.2, 0.25) is 0 Å². The zero-order chi connectivity index (χ0) is 12.9. The van der Waals surface area contributed by atoms with Crippen molar-refractivity contribution < 1.29 is 0 Å². The van der Waals surface area contributed by atoms with Crippen LogP contribution in [0.3, 0.4) is 0 Å². The fraction of sp³-hybridized carbons (Fsp3) is 0.625. The molecule has 3 nitrogen and oxygen atoms in total. The number of hydrogen-bond acceptors (Lipinski definition) is 3. The molecular weight excluding hydrogens is 234 g/mol. The molecule has 2 fully saturated rings. The maximum Gasteiger partial charge on any atom is 0.0234 e. The second-order valence-electron chi connectivity index (χ2n) is 5.92. The van der Waals surface area contributed by atoms with E-state index in [1.807, 2.05) is 0 Å². The van der Waals surface area contributed by atoms with Gasteiger partial charge in [0.1, 0.15) is 0 Å². The normalized spacial score (nSPS) is 25.8. The number of benzene rings is 1. The number of rotatable bonds is 4. The molecule has 19 heavy (non-hydrogen) atoms. The zero-order valence-corrected chi connectivity index (χ0v) is 11.7. The molecule has 1 N–H and O–H groups in total. The summed E-state index contributed by atoms with van der Waals surface area (Å²) >= 11 is 0. The first kappa shape index (κ1) is 13.1. The molecule has 1 aromatic carbocycles. The summed E-state index contributed by atoms with van der Waals surface area (Å²) in [5, 5.41) is 3.47. The molecule has 0 radical (unpaired) electrons. The molecule has 0 aromatic heterocycles. The summed E-state index contributed by atoms with van der Waals surface area (Å²) in [6.07, 6.45) is 1.37. The Morgan fingerprint density at radius 2 is 1.74 bits per heavy atom. The Hall–Kier alpha value is -0.900. The van der Waals surface area contributed by atoms with Gasteiger partial charge in [0.05, 0.1) is 0 Å². The van der Waals surface area contributed by atoms with Gasteiger partial charge in [-0.15, -0.1) is 0 Å². The Morgan fingerprint density at radius 1 is 1.00 bits per heavy atom. The van der Waals surface area contributed by atoms with Gasteiger partial charge in [0, 0.05) is 39.3 Å². The minimum absolute atomic E-state index is 0.890. The molecule has 0 amide bonds. The van der Waals surface area contributed by atoms with Crippen molar-refractivity contribution in [3.63, 3.8) is 0 Å². The first-order valence-electron chi connectivity index (χ1n) is 7.59. The number of nitrogens with one attached hydrogen (secondary N) is 1. The Kier molecular flexibility index (Phi) is 4.49. The molecule has 0 saturated carbocycles. The van der Waals surface area contributed by atoms with E-state index in [-0.39, 0.29) is 0 Å². The average Bonchev–Trinajstić information content (AvgIpc) is 2.95. The van der Waals surface area contributed by atoms with Crippen molar-refractivity contribution in [2.24, 2.45) is 5.92 Å². The van der Waals surface area contributed by atoms with Gasteiger partial charge in [-0.3, -0.25) is 4.90 Å². The molecule has 1 aromatic rings. The molecule has 2 aliphatic heterocycles. The number of piperazine rings is 1. The van der Waals surface area contributed by atoms with Crippen LogP contribution in [0.15, 0.2) is 30.3 Å². The quantitative estimate of drug-likeness (QED) is 0.882. The lowest BCUT2D eigenvalue weighted by atomic mass is 10.1. The second kappa shape index (κ2) is 6.51. The summed E-state index contributed by atoms with van der Waals surface area (Å²) in [7, 11) is 0. The highest BCUT2D eigenvalue weighted by atomic mass is 15.3. The van der Waals surface area contributed by atoms with Crippen LogP contribution >= 0.6 is 0 Å². The Bertz CT molecular complexity index is 365. The van der Waals surface area contributed by atoms with Crippen molar-refractivity contribution in [3.8, 4) is 0 Å². The summed E-state index contributed by atoms with van der Waals surface area (Å²) in [5.41, 5.74) is 1.44. The molecule has 3 rings (SSSR count). The fourth-order valence-electron chi connectivity index (χ4n) is 3.21. The Labute approximate surface area is 116 Å². The van der Waals surface area contributed by atoms with Crippen LogP contribution < -0.4 is 5.32 Å². The average molecular weight is 259 g/mol. The Morgan fingerprint density at radius 3 is 2.42 bits per heavy atom. The lowest BCUT2D eigenvalue weighted by Gasteiger charge is -2.35. The lowest BCUT2D eigenvalue weighted by molar-refractivity contribution is 0.115. The summed E-state index contributed by atoms with van der Waals surface area (Å²) in [5.74, 6) is 0.890. The molecule has 104 valence electrons. The van der Waals surface area contributed by atoms with E-state index in [2.05, 4.69) is 45.4 Å². The number of hydrogen-bond donors (Lipinski definition) is 1. The van der Waals surface area contributed by atoms with Gasteiger partial charge >= 0.3 is 0 Å². The zero-order valence-electron chi connectivity index (χ0n) is 11.7. The predicted octanol–water partition coefficient (Wildman–Crippen LogP) is 1.41. The van der Waals surface area contributed by atoms with Crippen LogP contribution in [-0.4, -0.2) is 55.6 Å². The van der Waals surface area contributed by atoms with Crippen LogP contribution in [0.4, 0.5) is 0 Å². The third-order valence-electron chi connectivity index (χ3n) is 4.39. The molecule has 2 saturated heterocycles. The van der Waals surface area contributed by atoms with Gasteiger partial charge in [-0.05, 0) is 31.0 Å². The molecule has 2 aliphatic rings. The lowest BCUT2D eigenvalue weighted by Crippen LogP contribution is -2.47. The maximum absolute atomic E-state index is 3.47. The van der Waals surface area contributed by atoms with Gasteiger partial charge in [-0.1, -0.05) is 30.3 Å².